The molecular formula is C12H23NO4S. The van der Waals surface area contributed by atoms with Crippen LogP contribution in [0, 0.1) is 5.92 Å². The molecule has 1 aliphatic heterocycles. The summed E-state index contributed by atoms with van der Waals surface area (Å²) in [5.74, 6) is -0.886. The molecule has 0 aromatic carbocycles. The Bertz CT molecular complexity index is 380. The van der Waals surface area contributed by atoms with Gasteiger partial charge >= 0.3 is 5.97 Å². The van der Waals surface area contributed by atoms with Crippen molar-refractivity contribution in [3.63, 3.8) is 0 Å². The van der Waals surface area contributed by atoms with Gasteiger partial charge in [-0.3, -0.25) is 4.79 Å². The first kappa shape index (κ1) is 15.4. The number of nitrogens with zero attached hydrogens (tertiary/aromatic N) is 1. The zero-order valence-corrected chi connectivity index (χ0v) is 11.9. The second-order valence-electron chi connectivity index (χ2n) is 5.13. The molecule has 0 saturated carbocycles. The molecule has 2 unspecified atom stereocenters. The van der Waals surface area contributed by atoms with Crippen molar-refractivity contribution >= 4 is 16.0 Å². The van der Waals surface area contributed by atoms with E-state index in [-0.39, 0.29) is 11.7 Å². The van der Waals surface area contributed by atoms with E-state index in [2.05, 4.69) is 0 Å². The van der Waals surface area contributed by atoms with Gasteiger partial charge in [0.25, 0.3) is 0 Å². The molecule has 5 nitrogen and oxygen atoms in total. The van der Waals surface area contributed by atoms with Crippen molar-refractivity contribution in [1.82, 2.24) is 4.31 Å². The van der Waals surface area contributed by atoms with E-state index in [0.29, 0.717) is 13.0 Å². The van der Waals surface area contributed by atoms with E-state index in [0.717, 1.165) is 25.7 Å². The topological polar surface area (TPSA) is 74.7 Å². The Morgan fingerprint density at radius 3 is 2.67 bits per heavy atom. The van der Waals surface area contributed by atoms with E-state index >= 15 is 0 Å². The van der Waals surface area contributed by atoms with E-state index in [1.807, 2.05) is 13.8 Å². The van der Waals surface area contributed by atoms with Crippen LogP contribution in [0.25, 0.3) is 0 Å². The minimum atomic E-state index is -3.45. The SMILES string of the molecule is CCCC(C)CS(=O)(=O)N1CCCCC1C(=O)O. The minimum Gasteiger partial charge on any atom is -0.480 e. The highest BCUT2D eigenvalue weighted by molar-refractivity contribution is 7.89. The molecule has 1 N–H and O–H groups in total. The van der Waals surface area contributed by atoms with Crippen molar-refractivity contribution in [2.75, 3.05) is 12.3 Å². The number of hydrogen-bond acceptors (Lipinski definition) is 3. The van der Waals surface area contributed by atoms with Gasteiger partial charge in [0.15, 0.2) is 0 Å². The van der Waals surface area contributed by atoms with Gasteiger partial charge in [-0.15, -0.1) is 0 Å². The van der Waals surface area contributed by atoms with E-state index in [1.165, 1.54) is 4.31 Å². The summed E-state index contributed by atoms with van der Waals surface area (Å²) < 4.78 is 25.7. The van der Waals surface area contributed by atoms with Crippen LogP contribution in [0.4, 0.5) is 0 Å². The van der Waals surface area contributed by atoms with Crippen LogP contribution < -0.4 is 0 Å². The molecule has 1 fully saturated rings. The van der Waals surface area contributed by atoms with Crippen LogP contribution in [0.1, 0.15) is 46.0 Å². The Morgan fingerprint density at radius 1 is 1.44 bits per heavy atom. The normalized spacial score (nSPS) is 23.8. The van der Waals surface area contributed by atoms with Gasteiger partial charge in [-0.2, -0.15) is 4.31 Å². The third-order valence-corrected chi connectivity index (χ3v) is 5.51. The van der Waals surface area contributed by atoms with Crippen LogP contribution in [0.5, 0.6) is 0 Å². The second kappa shape index (κ2) is 6.52. The van der Waals surface area contributed by atoms with E-state index in [9.17, 15) is 13.2 Å². The molecule has 0 aliphatic carbocycles. The molecule has 2 atom stereocenters. The van der Waals surface area contributed by atoms with Gasteiger partial charge in [-0.25, -0.2) is 8.42 Å². The van der Waals surface area contributed by atoms with Gasteiger partial charge in [0, 0.05) is 6.54 Å². The summed E-state index contributed by atoms with van der Waals surface area (Å²) in [5, 5.41) is 9.10. The monoisotopic (exact) mass is 277 g/mol. The van der Waals surface area contributed by atoms with Crippen molar-refractivity contribution in [2.45, 2.75) is 52.0 Å². The van der Waals surface area contributed by atoms with E-state index in [4.69, 9.17) is 5.11 Å². The summed E-state index contributed by atoms with van der Waals surface area (Å²) in [5.41, 5.74) is 0. The smallest absolute Gasteiger partial charge is 0.322 e. The first-order valence-corrected chi connectivity index (χ1v) is 8.21. The fourth-order valence-electron chi connectivity index (χ4n) is 2.52. The average molecular weight is 277 g/mol. The Morgan fingerprint density at radius 2 is 2.11 bits per heavy atom. The molecule has 1 aliphatic rings. The largest absolute Gasteiger partial charge is 0.480 e. The molecule has 0 radical (unpaired) electrons. The van der Waals surface area contributed by atoms with E-state index < -0.39 is 22.0 Å². The Hall–Kier alpha value is -0.620. The lowest BCUT2D eigenvalue weighted by Gasteiger charge is -2.32. The van der Waals surface area contributed by atoms with Gasteiger partial charge in [-0.1, -0.05) is 20.3 Å². The lowest BCUT2D eigenvalue weighted by Crippen LogP contribution is -2.49. The fraction of sp³-hybridized carbons (Fsp3) is 0.917. The van der Waals surface area contributed by atoms with Crippen molar-refractivity contribution in [1.29, 1.82) is 0 Å². The molecule has 0 aromatic rings. The molecular weight excluding hydrogens is 254 g/mol. The summed E-state index contributed by atoms with van der Waals surface area (Å²) in [6.07, 6.45) is 3.76. The first-order valence-electron chi connectivity index (χ1n) is 6.60. The van der Waals surface area contributed by atoms with E-state index in [1.54, 1.807) is 0 Å². The summed E-state index contributed by atoms with van der Waals surface area (Å²) >= 11 is 0. The number of hydrogen-bond donors (Lipinski definition) is 1. The van der Waals surface area contributed by atoms with Gasteiger partial charge in [0.1, 0.15) is 6.04 Å². The van der Waals surface area contributed by atoms with Crippen LogP contribution in [0.3, 0.4) is 0 Å². The Balaban J connectivity index is 2.78. The molecule has 6 heteroatoms. The molecule has 0 aromatic heterocycles. The molecule has 1 rings (SSSR count). The maximum atomic E-state index is 12.2. The molecule has 1 saturated heterocycles. The quantitative estimate of drug-likeness (QED) is 0.801. The number of piperidine rings is 1. The average Bonchev–Trinajstić information content (AvgIpc) is 2.28. The van der Waals surface area contributed by atoms with Crippen LogP contribution in [-0.2, 0) is 14.8 Å². The lowest BCUT2D eigenvalue weighted by molar-refractivity contribution is -0.142. The number of rotatable bonds is 6. The maximum Gasteiger partial charge on any atom is 0.322 e. The molecule has 18 heavy (non-hydrogen) atoms. The van der Waals surface area contributed by atoms with Crippen LogP contribution in [-0.4, -0.2) is 42.1 Å². The highest BCUT2D eigenvalue weighted by Gasteiger charge is 2.36. The van der Waals surface area contributed by atoms with Crippen molar-refractivity contribution in [3.8, 4) is 0 Å². The van der Waals surface area contributed by atoms with Crippen molar-refractivity contribution in [3.05, 3.63) is 0 Å². The number of sulfonamides is 1. The van der Waals surface area contributed by atoms with Crippen LogP contribution in [0.15, 0.2) is 0 Å². The van der Waals surface area contributed by atoms with Gasteiger partial charge in [-0.05, 0) is 31.6 Å². The Labute approximate surface area is 109 Å². The van der Waals surface area contributed by atoms with Crippen molar-refractivity contribution < 1.29 is 18.3 Å². The third-order valence-electron chi connectivity index (χ3n) is 3.37. The predicted octanol–water partition coefficient (Wildman–Crippen LogP) is 1.69. The summed E-state index contributed by atoms with van der Waals surface area (Å²) in [6, 6.07) is -0.863. The van der Waals surface area contributed by atoms with Gasteiger partial charge in [0.2, 0.25) is 10.0 Å². The molecule has 0 spiro atoms. The summed E-state index contributed by atoms with van der Waals surface area (Å²) in [4.78, 5) is 11.1. The number of carboxylic acids is 1. The zero-order valence-electron chi connectivity index (χ0n) is 11.1. The Kier molecular flexibility index (Phi) is 5.59. The number of carbonyl (C=O) groups is 1. The molecule has 106 valence electrons. The standard InChI is InChI=1S/C12H23NO4S/c1-3-6-10(2)9-18(16,17)13-8-5-4-7-11(13)12(14)15/h10-11H,3-9H2,1-2H3,(H,14,15). The number of aliphatic carboxylic acids is 1. The predicted molar refractivity (Wildman–Crippen MR) is 69.8 cm³/mol. The van der Waals surface area contributed by atoms with Crippen LogP contribution in [0.2, 0.25) is 0 Å². The van der Waals surface area contributed by atoms with Crippen LogP contribution >= 0.6 is 0 Å². The maximum absolute atomic E-state index is 12.2. The fourth-order valence-corrected chi connectivity index (χ4v) is 4.58. The lowest BCUT2D eigenvalue weighted by atomic mass is 10.1. The highest BCUT2D eigenvalue weighted by atomic mass is 32.2. The summed E-state index contributed by atoms with van der Waals surface area (Å²) in [7, 11) is -3.45. The highest BCUT2D eigenvalue weighted by Crippen LogP contribution is 2.23. The number of carboxylic acid groups (broad SMARTS) is 1. The third kappa shape index (κ3) is 3.95. The zero-order chi connectivity index (χ0) is 13.8. The van der Waals surface area contributed by atoms with Gasteiger partial charge in [0.05, 0.1) is 5.75 Å². The molecule has 0 bridgehead atoms. The minimum absolute atomic E-state index is 0.0601. The van der Waals surface area contributed by atoms with Gasteiger partial charge < -0.3 is 5.11 Å². The first-order chi connectivity index (χ1) is 8.38. The molecule has 0 amide bonds. The van der Waals surface area contributed by atoms with Crippen molar-refractivity contribution in [2.24, 2.45) is 5.92 Å². The molecule has 1 heterocycles. The second-order valence-corrected chi connectivity index (χ2v) is 7.10. The summed E-state index contributed by atoms with van der Waals surface area (Å²) in [6.45, 7) is 4.27.